The van der Waals surface area contributed by atoms with Gasteiger partial charge in [-0.2, -0.15) is 0 Å². The van der Waals surface area contributed by atoms with Crippen molar-refractivity contribution < 1.29 is 9.90 Å². The van der Waals surface area contributed by atoms with Crippen molar-refractivity contribution in [2.45, 2.75) is 26.3 Å². The monoisotopic (exact) mass is 297 g/mol. The minimum atomic E-state index is -1.01. The lowest BCUT2D eigenvalue weighted by Crippen LogP contribution is -2.37. The largest absolute Gasteiger partial charge is 0.478 e. The van der Waals surface area contributed by atoms with Crippen molar-refractivity contribution in [3.63, 3.8) is 0 Å². The first kappa shape index (κ1) is 15.1. The molecule has 1 fully saturated rings. The minimum absolute atomic E-state index is 0.123. The summed E-state index contributed by atoms with van der Waals surface area (Å²) in [5, 5.41) is 9.33. The van der Waals surface area contributed by atoms with Gasteiger partial charge in [-0.05, 0) is 25.6 Å². The van der Waals surface area contributed by atoms with Crippen molar-refractivity contribution in [2.75, 3.05) is 31.1 Å². The third-order valence-electron chi connectivity index (χ3n) is 3.86. The molecule has 6 heteroatoms. The molecule has 110 valence electrons. The summed E-state index contributed by atoms with van der Waals surface area (Å²) >= 11 is 6.17. The topological polar surface area (TPSA) is 56.7 Å². The lowest BCUT2D eigenvalue weighted by molar-refractivity contribution is 0.0696. The van der Waals surface area contributed by atoms with Crippen molar-refractivity contribution in [2.24, 2.45) is 0 Å². The highest BCUT2D eigenvalue weighted by atomic mass is 35.5. The van der Waals surface area contributed by atoms with Crippen molar-refractivity contribution in [3.05, 3.63) is 22.8 Å². The van der Waals surface area contributed by atoms with Gasteiger partial charge in [0.2, 0.25) is 0 Å². The number of carbonyl (C=O) groups is 1. The summed E-state index contributed by atoms with van der Waals surface area (Å²) in [6.07, 6.45) is 2.45. The van der Waals surface area contributed by atoms with Gasteiger partial charge in [-0.15, -0.1) is 0 Å². The fourth-order valence-electron chi connectivity index (χ4n) is 2.75. The maximum Gasteiger partial charge on any atom is 0.337 e. The van der Waals surface area contributed by atoms with E-state index in [1.165, 1.54) is 12.3 Å². The fourth-order valence-corrected chi connectivity index (χ4v) is 3.04. The number of nitrogens with zero attached hydrogens (tertiary/aromatic N) is 3. The zero-order valence-electron chi connectivity index (χ0n) is 11.8. The van der Waals surface area contributed by atoms with E-state index < -0.39 is 5.97 Å². The van der Waals surface area contributed by atoms with E-state index in [0.717, 1.165) is 32.6 Å². The average Bonchev–Trinajstić information content (AvgIpc) is 2.89. The van der Waals surface area contributed by atoms with Gasteiger partial charge in [0.25, 0.3) is 0 Å². The van der Waals surface area contributed by atoms with Gasteiger partial charge in [0.05, 0.1) is 10.6 Å². The number of carboxylic acid groups (broad SMARTS) is 1. The van der Waals surface area contributed by atoms with Gasteiger partial charge in [-0.25, -0.2) is 9.78 Å². The van der Waals surface area contributed by atoms with Gasteiger partial charge < -0.3 is 10.0 Å². The van der Waals surface area contributed by atoms with E-state index in [4.69, 9.17) is 16.7 Å². The molecule has 2 rings (SSSR count). The van der Waals surface area contributed by atoms with Crippen molar-refractivity contribution in [1.29, 1.82) is 0 Å². The zero-order valence-corrected chi connectivity index (χ0v) is 12.6. The predicted molar refractivity (Wildman–Crippen MR) is 79.7 cm³/mol. The summed E-state index contributed by atoms with van der Waals surface area (Å²) in [5.41, 5.74) is 0.123. The molecule has 0 bridgehead atoms. The highest BCUT2D eigenvalue weighted by Crippen LogP contribution is 2.28. The van der Waals surface area contributed by atoms with Gasteiger partial charge in [-0.1, -0.05) is 25.4 Å². The molecule has 1 aromatic rings. The fraction of sp³-hybridized carbons (Fsp3) is 0.571. The number of rotatable bonds is 5. The molecule has 0 saturated carbocycles. The quantitative estimate of drug-likeness (QED) is 0.904. The number of carboxylic acids is 1. The summed E-state index contributed by atoms with van der Waals surface area (Å²) in [7, 11) is 0. The van der Waals surface area contributed by atoms with Gasteiger partial charge in [-0.3, -0.25) is 4.90 Å². The van der Waals surface area contributed by atoms with Crippen LogP contribution >= 0.6 is 11.6 Å². The maximum absolute atomic E-state index is 10.9. The highest BCUT2D eigenvalue weighted by molar-refractivity contribution is 6.33. The molecule has 2 heterocycles. The number of hydrogen-bond donors (Lipinski definition) is 1. The van der Waals surface area contributed by atoms with E-state index in [1.54, 1.807) is 0 Å². The molecule has 1 saturated heterocycles. The Morgan fingerprint density at radius 1 is 1.55 bits per heavy atom. The van der Waals surface area contributed by atoms with E-state index in [-0.39, 0.29) is 5.56 Å². The second-order valence-electron chi connectivity index (χ2n) is 4.94. The molecule has 1 N–H and O–H groups in total. The Morgan fingerprint density at radius 3 is 2.80 bits per heavy atom. The van der Waals surface area contributed by atoms with Crippen LogP contribution in [0.4, 0.5) is 5.82 Å². The molecule has 0 amide bonds. The minimum Gasteiger partial charge on any atom is -0.478 e. The summed E-state index contributed by atoms with van der Waals surface area (Å²) in [5.74, 6) is -0.320. The van der Waals surface area contributed by atoms with Crippen LogP contribution < -0.4 is 4.90 Å². The third kappa shape index (κ3) is 3.04. The summed E-state index contributed by atoms with van der Waals surface area (Å²) in [6, 6.07) is 1.98. The van der Waals surface area contributed by atoms with Gasteiger partial charge in [0.15, 0.2) is 0 Å². The van der Waals surface area contributed by atoms with E-state index in [2.05, 4.69) is 28.6 Å². The maximum atomic E-state index is 10.9. The molecule has 1 atom stereocenters. The van der Waals surface area contributed by atoms with Crippen LogP contribution in [0.1, 0.15) is 30.6 Å². The van der Waals surface area contributed by atoms with Crippen LogP contribution in [-0.4, -0.2) is 53.2 Å². The number of halogens is 1. The molecule has 0 radical (unpaired) electrons. The third-order valence-corrected chi connectivity index (χ3v) is 4.14. The molecule has 0 spiro atoms. The molecule has 0 aliphatic carbocycles. The predicted octanol–water partition coefficient (Wildman–Crippen LogP) is 2.35. The van der Waals surface area contributed by atoms with Crippen molar-refractivity contribution in [1.82, 2.24) is 9.88 Å². The number of hydrogen-bond acceptors (Lipinski definition) is 4. The molecule has 1 aromatic heterocycles. The summed E-state index contributed by atoms with van der Waals surface area (Å²) < 4.78 is 0. The Labute approximate surface area is 124 Å². The Balaban J connectivity index is 2.12. The standard InChI is InChI=1S/C14H20ClN3O2/c1-3-17(4-2)11-5-6-18(9-11)13-12(15)7-10(8-16-13)14(19)20/h7-8,11H,3-6,9H2,1-2H3,(H,19,20). The molecule has 0 aromatic carbocycles. The molecule has 1 aliphatic rings. The number of pyridine rings is 1. The van der Waals surface area contributed by atoms with Gasteiger partial charge >= 0.3 is 5.97 Å². The van der Waals surface area contributed by atoms with Crippen LogP contribution in [0.2, 0.25) is 5.02 Å². The van der Waals surface area contributed by atoms with E-state index in [1.807, 2.05) is 0 Å². The lowest BCUT2D eigenvalue weighted by Gasteiger charge is -2.26. The first-order chi connectivity index (χ1) is 9.56. The lowest BCUT2D eigenvalue weighted by atomic mass is 10.2. The van der Waals surface area contributed by atoms with Crippen molar-refractivity contribution in [3.8, 4) is 0 Å². The van der Waals surface area contributed by atoms with Crippen molar-refractivity contribution >= 4 is 23.4 Å². The Morgan fingerprint density at radius 2 is 2.25 bits per heavy atom. The van der Waals surface area contributed by atoms with E-state index in [0.29, 0.717) is 16.9 Å². The summed E-state index contributed by atoms with van der Waals surface area (Å²) in [6.45, 7) is 8.20. The molecule has 1 aliphatic heterocycles. The second kappa shape index (κ2) is 6.41. The number of anilines is 1. The highest BCUT2D eigenvalue weighted by Gasteiger charge is 2.28. The van der Waals surface area contributed by atoms with Crippen LogP contribution in [-0.2, 0) is 0 Å². The first-order valence-corrected chi connectivity index (χ1v) is 7.32. The van der Waals surface area contributed by atoms with Gasteiger partial charge in [0.1, 0.15) is 5.82 Å². The van der Waals surface area contributed by atoms with Crippen LogP contribution in [0.25, 0.3) is 0 Å². The number of likely N-dealkylation sites (N-methyl/N-ethyl adjacent to an activating group) is 1. The van der Waals surface area contributed by atoms with Crippen LogP contribution in [0.3, 0.4) is 0 Å². The number of aromatic carboxylic acids is 1. The smallest absolute Gasteiger partial charge is 0.337 e. The molecular weight excluding hydrogens is 278 g/mol. The normalized spacial score (nSPS) is 18.8. The second-order valence-corrected chi connectivity index (χ2v) is 5.35. The Bertz CT molecular complexity index is 491. The van der Waals surface area contributed by atoms with E-state index in [9.17, 15) is 4.79 Å². The summed E-state index contributed by atoms with van der Waals surface area (Å²) in [4.78, 5) is 19.7. The van der Waals surface area contributed by atoms with Crippen LogP contribution in [0.5, 0.6) is 0 Å². The molecule has 1 unspecified atom stereocenters. The van der Waals surface area contributed by atoms with Crippen LogP contribution in [0, 0.1) is 0 Å². The number of aromatic nitrogens is 1. The SMILES string of the molecule is CCN(CC)C1CCN(c2ncc(C(=O)O)cc2Cl)C1. The molecular formula is C14H20ClN3O2. The van der Waals surface area contributed by atoms with E-state index >= 15 is 0 Å². The zero-order chi connectivity index (χ0) is 14.7. The molecule has 5 nitrogen and oxygen atoms in total. The Kier molecular flexibility index (Phi) is 4.83. The molecule has 20 heavy (non-hydrogen) atoms. The van der Waals surface area contributed by atoms with Gasteiger partial charge in [0, 0.05) is 25.3 Å². The first-order valence-electron chi connectivity index (χ1n) is 6.94. The average molecular weight is 298 g/mol. The Hall–Kier alpha value is -1.33. The van der Waals surface area contributed by atoms with Crippen LogP contribution in [0.15, 0.2) is 12.3 Å².